The fourth-order valence-corrected chi connectivity index (χ4v) is 3.72. The Hall–Kier alpha value is -3.71. The van der Waals surface area contributed by atoms with Gasteiger partial charge in [0.1, 0.15) is 5.56 Å². The lowest BCUT2D eigenvalue weighted by Crippen LogP contribution is -2.18. The quantitative estimate of drug-likeness (QED) is 0.270. The molecule has 4 rings (SSSR count). The Bertz CT molecular complexity index is 1280. The molecule has 0 atom stereocenters. The molecule has 0 saturated carbocycles. The van der Waals surface area contributed by atoms with E-state index in [0.29, 0.717) is 41.0 Å². The number of rotatable bonds is 8. The number of anilines is 2. The zero-order valence-corrected chi connectivity index (χ0v) is 19.2. The van der Waals surface area contributed by atoms with E-state index < -0.39 is 5.97 Å². The number of nitrogens with one attached hydrogen (secondary N) is 2. The summed E-state index contributed by atoms with van der Waals surface area (Å²) < 4.78 is 5.24. The van der Waals surface area contributed by atoms with Crippen molar-refractivity contribution in [3.63, 3.8) is 0 Å². The van der Waals surface area contributed by atoms with Crippen molar-refractivity contribution in [2.75, 3.05) is 30.3 Å². The molecule has 0 aliphatic heterocycles. The van der Waals surface area contributed by atoms with Crippen molar-refractivity contribution < 1.29 is 9.53 Å². The van der Waals surface area contributed by atoms with E-state index in [1.807, 2.05) is 54.6 Å². The molecule has 7 nitrogen and oxygen atoms in total. The summed E-state index contributed by atoms with van der Waals surface area (Å²) in [7, 11) is 0. The highest BCUT2D eigenvalue weighted by atomic mass is 35.5. The zero-order valence-electron chi connectivity index (χ0n) is 18.4. The average molecular weight is 462 g/mol. The van der Waals surface area contributed by atoms with Gasteiger partial charge in [-0.2, -0.15) is 0 Å². The number of fused-ring (bicyclic) bond motifs is 1. The second-order valence-corrected chi connectivity index (χ2v) is 7.75. The van der Waals surface area contributed by atoms with Gasteiger partial charge in [0, 0.05) is 40.9 Å². The van der Waals surface area contributed by atoms with Gasteiger partial charge in [0.2, 0.25) is 5.95 Å². The highest BCUT2D eigenvalue weighted by Gasteiger charge is 2.21. The Morgan fingerprint density at radius 2 is 1.82 bits per heavy atom. The molecule has 2 N–H and O–H groups in total. The predicted octanol–water partition coefficient (Wildman–Crippen LogP) is 5.35. The lowest BCUT2D eigenvalue weighted by atomic mass is 10.0. The van der Waals surface area contributed by atoms with E-state index in [0.717, 1.165) is 22.2 Å². The topological polar surface area (TPSA) is 89.0 Å². The number of benzene rings is 2. The highest BCUT2D eigenvalue weighted by molar-refractivity contribution is 6.31. The summed E-state index contributed by atoms with van der Waals surface area (Å²) in [5.41, 5.74) is 4.13. The zero-order chi connectivity index (χ0) is 23.2. The second-order valence-electron chi connectivity index (χ2n) is 7.32. The molecule has 2 aromatic heterocycles. The lowest BCUT2D eigenvalue weighted by molar-refractivity contribution is 0.0525. The Morgan fingerprint density at radius 3 is 2.61 bits per heavy atom. The van der Waals surface area contributed by atoms with Gasteiger partial charge in [0.25, 0.3) is 0 Å². The molecule has 0 saturated heterocycles. The largest absolute Gasteiger partial charge is 0.462 e. The maximum Gasteiger partial charge on any atom is 0.342 e. The SMILES string of the molecule is CCOC(=O)c1c(C)nc(NCCNc2ccnc3cc(Cl)ccc23)nc1-c1ccccc1. The fraction of sp³-hybridized carbons (Fsp3) is 0.200. The monoisotopic (exact) mass is 461 g/mol. The molecule has 0 fully saturated rings. The van der Waals surface area contributed by atoms with Gasteiger partial charge in [-0.15, -0.1) is 0 Å². The van der Waals surface area contributed by atoms with Crippen LogP contribution in [0.4, 0.5) is 11.6 Å². The first-order chi connectivity index (χ1) is 16.1. The van der Waals surface area contributed by atoms with Crippen LogP contribution in [-0.4, -0.2) is 40.6 Å². The van der Waals surface area contributed by atoms with E-state index in [-0.39, 0.29) is 6.61 Å². The Kier molecular flexibility index (Phi) is 7.00. The van der Waals surface area contributed by atoms with Crippen LogP contribution in [0.2, 0.25) is 5.02 Å². The summed E-state index contributed by atoms with van der Waals surface area (Å²) in [6.07, 6.45) is 1.75. The van der Waals surface area contributed by atoms with E-state index in [1.165, 1.54) is 0 Å². The summed E-state index contributed by atoms with van der Waals surface area (Å²) in [6.45, 7) is 5.06. The minimum absolute atomic E-state index is 0.286. The number of hydrogen-bond donors (Lipinski definition) is 2. The number of carbonyl (C=O) groups is 1. The number of halogens is 1. The summed E-state index contributed by atoms with van der Waals surface area (Å²) in [4.78, 5) is 26.1. The van der Waals surface area contributed by atoms with Crippen LogP contribution >= 0.6 is 11.6 Å². The lowest BCUT2D eigenvalue weighted by Gasteiger charge is -2.14. The first-order valence-corrected chi connectivity index (χ1v) is 11.1. The Labute approximate surface area is 197 Å². The molecule has 0 bridgehead atoms. The van der Waals surface area contributed by atoms with Crippen molar-refractivity contribution >= 4 is 40.1 Å². The van der Waals surface area contributed by atoms with Gasteiger partial charge in [-0.05, 0) is 38.1 Å². The normalized spacial score (nSPS) is 10.8. The van der Waals surface area contributed by atoms with E-state index in [2.05, 4.69) is 25.6 Å². The molecule has 2 heterocycles. The van der Waals surface area contributed by atoms with E-state index >= 15 is 0 Å². The first-order valence-electron chi connectivity index (χ1n) is 10.7. The number of carbonyl (C=O) groups excluding carboxylic acids is 1. The first kappa shape index (κ1) is 22.5. The smallest absolute Gasteiger partial charge is 0.342 e. The van der Waals surface area contributed by atoms with Gasteiger partial charge in [-0.25, -0.2) is 14.8 Å². The van der Waals surface area contributed by atoms with Crippen molar-refractivity contribution in [2.45, 2.75) is 13.8 Å². The van der Waals surface area contributed by atoms with Crippen molar-refractivity contribution in [1.82, 2.24) is 15.0 Å². The predicted molar refractivity (Wildman–Crippen MR) is 132 cm³/mol. The average Bonchev–Trinajstić information content (AvgIpc) is 2.82. The fourth-order valence-electron chi connectivity index (χ4n) is 3.55. The molecule has 33 heavy (non-hydrogen) atoms. The van der Waals surface area contributed by atoms with Crippen molar-refractivity contribution in [1.29, 1.82) is 0 Å². The Morgan fingerprint density at radius 1 is 1.03 bits per heavy atom. The molecule has 168 valence electrons. The number of nitrogens with zero attached hydrogens (tertiary/aromatic N) is 3. The van der Waals surface area contributed by atoms with Crippen LogP contribution in [0.3, 0.4) is 0 Å². The van der Waals surface area contributed by atoms with Crippen LogP contribution in [0.15, 0.2) is 60.8 Å². The third-order valence-electron chi connectivity index (χ3n) is 5.05. The van der Waals surface area contributed by atoms with Crippen LogP contribution in [0.1, 0.15) is 23.0 Å². The summed E-state index contributed by atoms with van der Waals surface area (Å²) in [5, 5.41) is 8.31. The van der Waals surface area contributed by atoms with E-state index in [1.54, 1.807) is 20.0 Å². The molecule has 0 aliphatic rings. The van der Waals surface area contributed by atoms with Crippen molar-refractivity contribution in [3.05, 3.63) is 77.1 Å². The highest BCUT2D eigenvalue weighted by Crippen LogP contribution is 2.26. The van der Waals surface area contributed by atoms with Gasteiger partial charge in [-0.3, -0.25) is 4.98 Å². The number of hydrogen-bond acceptors (Lipinski definition) is 7. The number of esters is 1. The van der Waals surface area contributed by atoms with Gasteiger partial charge in [-0.1, -0.05) is 41.9 Å². The number of pyridine rings is 1. The third kappa shape index (κ3) is 5.21. The maximum absolute atomic E-state index is 12.6. The van der Waals surface area contributed by atoms with Gasteiger partial charge < -0.3 is 15.4 Å². The van der Waals surface area contributed by atoms with Crippen LogP contribution in [0, 0.1) is 6.92 Å². The van der Waals surface area contributed by atoms with Crippen LogP contribution in [0.25, 0.3) is 22.2 Å². The van der Waals surface area contributed by atoms with Crippen molar-refractivity contribution in [2.24, 2.45) is 0 Å². The molecular formula is C25H24ClN5O2. The molecule has 0 amide bonds. The molecule has 4 aromatic rings. The second kappa shape index (κ2) is 10.3. The molecule has 2 aromatic carbocycles. The van der Waals surface area contributed by atoms with Gasteiger partial charge in [0.15, 0.2) is 0 Å². The molecular weight excluding hydrogens is 438 g/mol. The number of ether oxygens (including phenoxy) is 1. The van der Waals surface area contributed by atoms with Crippen LogP contribution in [0.5, 0.6) is 0 Å². The third-order valence-corrected chi connectivity index (χ3v) is 5.28. The summed E-state index contributed by atoms with van der Waals surface area (Å²) in [5.74, 6) is 0.0271. The van der Waals surface area contributed by atoms with Crippen LogP contribution < -0.4 is 10.6 Å². The van der Waals surface area contributed by atoms with Gasteiger partial charge in [0.05, 0.1) is 23.5 Å². The summed E-state index contributed by atoms with van der Waals surface area (Å²) in [6, 6.07) is 17.1. The number of aromatic nitrogens is 3. The summed E-state index contributed by atoms with van der Waals surface area (Å²) >= 11 is 6.07. The minimum atomic E-state index is -0.424. The van der Waals surface area contributed by atoms with E-state index in [9.17, 15) is 4.79 Å². The van der Waals surface area contributed by atoms with E-state index in [4.69, 9.17) is 16.3 Å². The van der Waals surface area contributed by atoms with Crippen molar-refractivity contribution in [3.8, 4) is 11.3 Å². The molecule has 0 radical (unpaired) electrons. The molecule has 0 unspecified atom stereocenters. The number of aryl methyl sites for hydroxylation is 1. The molecule has 0 aliphatic carbocycles. The molecule has 0 spiro atoms. The van der Waals surface area contributed by atoms with Gasteiger partial charge >= 0.3 is 5.97 Å². The molecule has 8 heteroatoms. The van der Waals surface area contributed by atoms with Crippen LogP contribution in [-0.2, 0) is 4.74 Å². The minimum Gasteiger partial charge on any atom is -0.462 e. The maximum atomic E-state index is 12.6. The standard InChI is InChI=1S/C25H24ClN5O2/c1-3-33-24(32)22-16(2)30-25(31-23(22)17-7-5-4-6-8-17)29-14-13-28-20-11-12-27-21-15-18(26)9-10-19(20)21/h4-12,15H,3,13-14H2,1-2H3,(H,27,28)(H,29,30,31). The Balaban J connectivity index is 1.51.